The van der Waals surface area contributed by atoms with Gasteiger partial charge in [-0.2, -0.15) is 0 Å². The highest BCUT2D eigenvalue weighted by Gasteiger charge is 2.28. The van der Waals surface area contributed by atoms with Gasteiger partial charge < -0.3 is 15.6 Å². The number of imidazole rings is 1. The highest BCUT2D eigenvalue weighted by atomic mass is 16.1. The average Bonchev–Trinajstić information content (AvgIpc) is 2.90. The van der Waals surface area contributed by atoms with E-state index in [9.17, 15) is 4.79 Å². The molecular formula is C14H25N5O. The van der Waals surface area contributed by atoms with Crippen LogP contribution < -0.4 is 11.1 Å². The molecule has 0 fully saturated rings. The van der Waals surface area contributed by atoms with Gasteiger partial charge in [0.05, 0.1) is 12.1 Å². The molecule has 0 spiro atoms. The van der Waals surface area contributed by atoms with E-state index < -0.39 is 5.54 Å². The van der Waals surface area contributed by atoms with Crippen LogP contribution in [0.25, 0.3) is 0 Å². The Kier molecular flexibility index (Phi) is 4.77. The first-order valence-corrected chi connectivity index (χ1v) is 7.26. The minimum Gasteiger partial charge on any atom is -0.368 e. The maximum Gasteiger partial charge on any atom is 0.237 e. The first-order valence-electron chi connectivity index (χ1n) is 7.26. The molecule has 1 aliphatic rings. The Morgan fingerprint density at radius 2 is 2.30 bits per heavy atom. The Bertz CT molecular complexity index is 458. The van der Waals surface area contributed by atoms with E-state index in [1.165, 1.54) is 0 Å². The Labute approximate surface area is 120 Å². The topological polar surface area (TPSA) is 76.2 Å². The fourth-order valence-corrected chi connectivity index (χ4v) is 2.60. The SMILES string of the molecule is CNC(C)(CCCCN1CCn2ccnc2C1)C(N)=O. The van der Waals surface area contributed by atoms with Crippen molar-refractivity contribution in [1.82, 2.24) is 19.8 Å². The molecular weight excluding hydrogens is 254 g/mol. The zero-order chi connectivity index (χ0) is 14.6. The van der Waals surface area contributed by atoms with Crippen molar-refractivity contribution in [3.05, 3.63) is 18.2 Å². The predicted octanol–water partition coefficient (Wildman–Crippen LogP) is 0.332. The maximum atomic E-state index is 11.4. The molecule has 1 amide bonds. The van der Waals surface area contributed by atoms with E-state index in [0.29, 0.717) is 0 Å². The normalized spacial score (nSPS) is 18.5. The third-order valence-corrected chi connectivity index (χ3v) is 4.32. The van der Waals surface area contributed by atoms with E-state index in [2.05, 4.69) is 19.8 Å². The number of hydrogen-bond donors (Lipinski definition) is 2. The van der Waals surface area contributed by atoms with Gasteiger partial charge in [0, 0.05) is 25.5 Å². The van der Waals surface area contributed by atoms with Crippen molar-refractivity contribution in [2.45, 2.75) is 44.8 Å². The lowest BCUT2D eigenvalue weighted by Crippen LogP contribution is -2.51. The Morgan fingerprint density at radius 3 is 3.00 bits per heavy atom. The zero-order valence-electron chi connectivity index (χ0n) is 12.4. The quantitative estimate of drug-likeness (QED) is 0.705. The van der Waals surface area contributed by atoms with E-state index in [-0.39, 0.29) is 5.91 Å². The van der Waals surface area contributed by atoms with E-state index in [1.54, 1.807) is 7.05 Å². The van der Waals surface area contributed by atoms with E-state index in [1.807, 2.05) is 19.3 Å². The molecule has 0 saturated carbocycles. The zero-order valence-corrected chi connectivity index (χ0v) is 12.4. The number of nitrogens with one attached hydrogen (secondary N) is 1. The van der Waals surface area contributed by atoms with E-state index in [0.717, 1.165) is 51.3 Å². The van der Waals surface area contributed by atoms with Gasteiger partial charge in [-0.25, -0.2) is 4.98 Å². The molecule has 0 aromatic carbocycles. The van der Waals surface area contributed by atoms with Gasteiger partial charge >= 0.3 is 0 Å². The number of carbonyl (C=O) groups excluding carboxylic acids is 1. The molecule has 0 radical (unpaired) electrons. The monoisotopic (exact) mass is 279 g/mol. The standard InChI is InChI=1S/C14H25N5O/c1-14(16-2,13(15)20)5-3-4-7-18-9-10-19-8-6-17-12(19)11-18/h6,8,16H,3-5,7,9-11H2,1-2H3,(H2,15,20). The van der Waals surface area contributed by atoms with Crippen molar-refractivity contribution in [2.75, 3.05) is 20.1 Å². The molecule has 1 aromatic rings. The number of rotatable bonds is 7. The summed E-state index contributed by atoms with van der Waals surface area (Å²) in [5.41, 5.74) is 4.84. The molecule has 6 heteroatoms. The number of hydrogen-bond acceptors (Lipinski definition) is 4. The lowest BCUT2D eigenvalue weighted by Gasteiger charge is -2.28. The lowest BCUT2D eigenvalue weighted by molar-refractivity contribution is -0.123. The molecule has 1 aliphatic heterocycles. The second-order valence-corrected chi connectivity index (χ2v) is 5.72. The second-order valence-electron chi connectivity index (χ2n) is 5.72. The summed E-state index contributed by atoms with van der Waals surface area (Å²) in [5.74, 6) is 0.869. The summed E-state index contributed by atoms with van der Waals surface area (Å²) in [5, 5.41) is 3.02. The number of likely N-dealkylation sites (N-methyl/N-ethyl adjacent to an activating group) is 1. The van der Waals surface area contributed by atoms with Crippen LogP contribution in [-0.2, 0) is 17.9 Å². The molecule has 6 nitrogen and oxygen atoms in total. The summed E-state index contributed by atoms with van der Waals surface area (Å²) in [6, 6.07) is 0. The van der Waals surface area contributed by atoms with Gasteiger partial charge in [0.25, 0.3) is 0 Å². The number of nitrogens with zero attached hydrogens (tertiary/aromatic N) is 3. The Hall–Kier alpha value is -1.40. The number of unbranched alkanes of at least 4 members (excludes halogenated alkanes) is 1. The van der Waals surface area contributed by atoms with Crippen LogP contribution in [0.15, 0.2) is 12.4 Å². The third kappa shape index (κ3) is 3.37. The number of aromatic nitrogens is 2. The Morgan fingerprint density at radius 1 is 1.50 bits per heavy atom. The molecule has 1 unspecified atom stereocenters. The summed E-state index contributed by atoms with van der Waals surface area (Å²) in [7, 11) is 1.79. The van der Waals surface area contributed by atoms with Crippen LogP contribution in [0.5, 0.6) is 0 Å². The molecule has 3 N–H and O–H groups in total. The lowest BCUT2D eigenvalue weighted by atomic mass is 9.94. The van der Waals surface area contributed by atoms with Crippen molar-refractivity contribution in [1.29, 1.82) is 0 Å². The molecule has 112 valence electrons. The minimum absolute atomic E-state index is 0.278. The van der Waals surface area contributed by atoms with Gasteiger partial charge in [-0.05, 0) is 39.8 Å². The Balaban J connectivity index is 1.71. The van der Waals surface area contributed by atoms with Crippen molar-refractivity contribution >= 4 is 5.91 Å². The molecule has 0 bridgehead atoms. The summed E-state index contributed by atoms with van der Waals surface area (Å²) in [6.45, 7) is 5.93. The van der Waals surface area contributed by atoms with Crippen molar-refractivity contribution in [3.63, 3.8) is 0 Å². The fourth-order valence-electron chi connectivity index (χ4n) is 2.60. The van der Waals surface area contributed by atoms with Crippen LogP contribution >= 0.6 is 0 Å². The summed E-state index contributed by atoms with van der Waals surface area (Å²) in [4.78, 5) is 18.2. The number of carbonyl (C=O) groups is 1. The molecule has 0 aliphatic carbocycles. The summed E-state index contributed by atoms with van der Waals surface area (Å²) >= 11 is 0. The van der Waals surface area contributed by atoms with E-state index >= 15 is 0 Å². The van der Waals surface area contributed by atoms with Crippen molar-refractivity contribution < 1.29 is 4.79 Å². The highest BCUT2D eigenvalue weighted by molar-refractivity contribution is 5.84. The molecule has 1 atom stereocenters. The average molecular weight is 279 g/mol. The summed E-state index contributed by atoms with van der Waals surface area (Å²) in [6.07, 6.45) is 6.75. The third-order valence-electron chi connectivity index (χ3n) is 4.32. The van der Waals surface area contributed by atoms with Gasteiger partial charge in [0.2, 0.25) is 5.91 Å². The van der Waals surface area contributed by atoms with Crippen molar-refractivity contribution in [3.8, 4) is 0 Å². The van der Waals surface area contributed by atoms with E-state index in [4.69, 9.17) is 5.73 Å². The minimum atomic E-state index is -0.585. The van der Waals surface area contributed by atoms with Crippen molar-refractivity contribution in [2.24, 2.45) is 5.73 Å². The number of primary amides is 1. The van der Waals surface area contributed by atoms with Crippen LogP contribution in [0.4, 0.5) is 0 Å². The smallest absolute Gasteiger partial charge is 0.237 e. The number of amides is 1. The van der Waals surface area contributed by atoms with Crippen LogP contribution in [0.2, 0.25) is 0 Å². The van der Waals surface area contributed by atoms with Gasteiger partial charge in [0.15, 0.2) is 0 Å². The molecule has 20 heavy (non-hydrogen) atoms. The van der Waals surface area contributed by atoms with Crippen LogP contribution in [-0.4, -0.2) is 46.0 Å². The predicted molar refractivity (Wildman–Crippen MR) is 78.0 cm³/mol. The molecule has 0 saturated heterocycles. The second kappa shape index (κ2) is 6.37. The van der Waals surface area contributed by atoms with Gasteiger partial charge in [0.1, 0.15) is 5.82 Å². The number of fused-ring (bicyclic) bond motifs is 1. The number of nitrogens with two attached hydrogens (primary N) is 1. The summed E-state index contributed by atoms with van der Waals surface area (Å²) < 4.78 is 2.21. The largest absolute Gasteiger partial charge is 0.368 e. The first kappa shape index (κ1) is 15.0. The molecule has 2 rings (SSSR count). The first-order chi connectivity index (χ1) is 9.55. The molecule has 2 heterocycles. The van der Waals surface area contributed by atoms with Gasteiger partial charge in [-0.1, -0.05) is 0 Å². The fraction of sp³-hybridized carbons (Fsp3) is 0.714. The van der Waals surface area contributed by atoms with Crippen LogP contribution in [0.3, 0.4) is 0 Å². The van der Waals surface area contributed by atoms with Crippen LogP contribution in [0, 0.1) is 0 Å². The highest BCUT2D eigenvalue weighted by Crippen LogP contribution is 2.15. The van der Waals surface area contributed by atoms with Gasteiger partial charge in [-0.15, -0.1) is 0 Å². The maximum absolute atomic E-state index is 11.4. The van der Waals surface area contributed by atoms with Gasteiger partial charge in [-0.3, -0.25) is 9.69 Å². The van der Waals surface area contributed by atoms with Crippen LogP contribution in [0.1, 0.15) is 32.0 Å². The molecule has 1 aromatic heterocycles.